The van der Waals surface area contributed by atoms with Gasteiger partial charge in [0.05, 0.1) is 0 Å². The lowest BCUT2D eigenvalue weighted by molar-refractivity contribution is 0.174. The van der Waals surface area contributed by atoms with Crippen LogP contribution in [0.1, 0.15) is 31.7 Å². The van der Waals surface area contributed by atoms with Crippen LogP contribution in [-0.4, -0.2) is 6.79 Å². The van der Waals surface area contributed by atoms with E-state index in [9.17, 15) is 4.79 Å². The van der Waals surface area contributed by atoms with E-state index >= 15 is 0 Å². The van der Waals surface area contributed by atoms with Crippen molar-refractivity contribution in [2.24, 2.45) is 0 Å². The van der Waals surface area contributed by atoms with Crippen LogP contribution in [-0.2, 0) is 6.42 Å². The van der Waals surface area contributed by atoms with Crippen molar-refractivity contribution in [1.29, 1.82) is 0 Å². The summed E-state index contributed by atoms with van der Waals surface area (Å²) in [5.41, 5.74) is 1.40. The average Bonchev–Trinajstić information content (AvgIpc) is 3.00. The number of benzene rings is 2. The molecule has 1 aliphatic heterocycles. The van der Waals surface area contributed by atoms with E-state index in [1.165, 1.54) is 0 Å². The molecule has 1 aliphatic rings. The molecule has 0 aliphatic carbocycles. The summed E-state index contributed by atoms with van der Waals surface area (Å²) in [6, 6.07) is 9.53. The molecule has 0 saturated carbocycles. The van der Waals surface area contributed by atoms with Crippen LogP contribution >= 0.6 is 0 Å². The molecular formula is C19H18O4. The fourth-order valence-corrected chi connectivity index (χ4v) is 3.17. The highest BCUT2D eigenvalue weighted by atomic mass is 16.7. The topological polar surface area (TPSA) is 48.7 Å². The number of rotatable bonds is 4. The SMILES string of the molecule is CCCCCc1cc(=O)oc2c1ccc1cc3c(cc12)OCO3. The Morgan fingerprint density at radius 3 is 2.65 bits per heavy atom. The zero-order valence-electron chi connectivity index (χ0n) is 13.1. The standard InChI is InChI=1S/C19H18O4/c1-2-3-4-5-12-9-18(20)23-19-14(12)7-6-13-8-16-17(10-15(13)19)22-11-21-16/h6-10H,2-5,11H2,1H3. The summed E-state index contributed by atoms with van der Waals surface area (Å²) in [7, 11) is 0. The third kappa shape index (κ3) is 2.44. The molecule has 23 heavy (non-hydrogen) atoms. The van der Waals surface area contributed by atoms with Crippen LogP contribution < -0.4 is 15.1 Å². The molecule has 1 aromatic heterocycles. The highest BCUT2D eigenvalue weighted by Crippen LogP contribution is 2.38. The third-order valence-corrected chi connectivity index (χ3v) is 4.35. The molecule has 0 radical (unpaired) electrons. The van der Waals surface area contributed by atoms with Gasteiger partial charge in [0.25, 0.3) is 0 Å². The summed E-state index contributed by atoms with van der Waals surface area (Å²) in [5.74, 6) is 1.43. The first-order valence-corrected chi connectivity index (χ1v) is 8.05. The van der Waals surface area contributed by atoms with Gasteiger partial charge in [-0.25, -0.2) is 4.79 Å². The van der Waals surface area contributed by atoms with E-state index in [-0.39, 0.29) is 12.4 Å². The molecule has 0 atom stereocenters. The van der Waals surface area contributed by atoms with E-state index in [4.69, 9.17) is 13.9 Å². The van der Waals surface area contributed by atoms with Crippen molar-refractivity contribution in [3.8, 4) is 11.5 Å². The van der Waals surface area contributed by atoms with Crippen LogP contribution in [0.2, 0.25) is 0 Å². The Bertz CT molecular complexity index is 939. The molecule has 0 N–H and O–H groups in total. The molecule has 4 rings (SSSR count). The largest absolute Gasteiger partial charge is 0.454 e. The maximum atomic E-state index is 12.0. The fraction of sp³-hybridized carbons (Fsp3) is 0.316. The van der Waals surface area contributed by atoms with Gasteiger partial charge in [0.2, 0.25) is 6.79 Å². The molecule has 118 valence electrons. The van der Waals surface area contributed by atoms with E-state index in [0.29, 0.717) is 11.3 Å². The zero-order valence-corrected chi connectivity index (χ0v) is 13.1. The first-order valence-electron chi connectivity index (χ1n) is 8.05. The average molecular weight is 310 g/mol. The van der Waals surface area contributed by atoms with Gasteiger partial charge >= 0.3 is 5.63 Å². The second-order valence-corrected chi connectivity index (χ2v) is 5.92. The number of ether oxygens (including phenoxy) is 2. The van der Waals surface area contributed by atoms with Crippen LogP contribution in [0.15, 0.2) is 39.5 Å². The molecule has 0 unspecified atom stereocenters. The number of aryl methyl sites for hydroxylation is 1. The fourth-order valence-electron chi connectivity index (χ4n) is 3.17. The predicted octanol–water partition coefficient (Wildman–Crippen LogP) is 4.41. The monoisotopic (exact) mass is 310 g/mol. The summed E-state index contributed by atoms with van der Waals surface area (Å²) in [6.07, 6.45) is 4.29. The first kappa shape index (κ1) is 14.1. The number of hydrogen-bond acceptors (Lipinski definition) is 4. The summed E-state index contributed by atoms with van der Waals surface area (Å²) >= 11 is 0. The molecule has 0 amide bonds. The third-order valence-electron chi connectivity index (χ3n) is 4.35. The number of fused-ring (bicyclic) bond motifs is 4. The first-order chi connectivity index (χ1) is 11.3. The van der Waals surface area contributed by atoms with E-state index in [2.05, 4.69) is 6.92 Å². The van der Waals surface area contributed by atoms with Gasteiger partial charge < -0.3 is 13.9 Å². The van der Waals surface area contributed by atoms with Gasteiger partial charge in [0.1, 0.15) is 5.58 Å². The number of unbranched alkanes of at least 4 members (excludes halogenated alkanes) is 2. The molecule has 3 aromatic rings. The maximum absolute atomic E-state index is 12.0. The van der Waals surface area contributed by atoms with Gasteiger partial charge in [-0.3, -0.25) is 0 Å². The Labute approximate surface area is 133 Å². The van der Waals surface area contributed by atoms with Crippen LogP contribution in [0.3, 0.4) is 0 Å². The van der Waals surface area contributed by atoms with Gasteiger partial charge in [0, 0.05) is 16.8 Å². The van der Waals surface area contributed by atoms with Gasteiger partial charge in [-0.05, 0) is 35.9 Å². The highest BCUT2D eigenvalue weighted by Gasteiger charge is 2.17. The minimum absolute atomic E-state index is 0.232. The molecule has 0 bridgehead atoms. The maximum Gasteiger partial charge on any atom is 0.336 e. The Morgan fingerprint density at radius 1 is 1.00 bits per heavy atom. The molecule has 0 fully saturated rings. The van der Waals surface area contributed by atoms with E-state index in [1.54, 1.807) is 6.07 Å². The Balaban J connectivity index is 1.93. The zero-order chi connectivity index (χ0) is 15.8. The van der Waals surface area contributed by atoms with Gasteiger partial charge in [-0.1, -0.05) is 31.9 Å². The summed E-state index contributed by atoms with van der Waals surface area (Å²) < 4.78 is 16.4. The van der Waals surface area contributed by atoms with Crippen LogP contribution in [0.4, 0.5) is 0 Å². The van der Waals surface area contributed by atoms with Crippen LogP contribution in [0.25, 0.3) is 21.7 Å². The van der Waals surface area contributed by atoms with E-state index in [0.717, 1.165) is 53.2 Å². The molecule has 2 aromatic carbocycles. The smallest absolute Gasteiger partial charge is 0.336 e. The van der Waals surface area contributed by atoms with Crippen molar-refractivity contribution in [2.75, 3.05) is 6.79 Å². The van der Waals surface area contributed by atoms with Gasteiger partial charge in [-0.15, -0.1) is 0 Å². The summed E-state index contributed by atoms with van der Waals surface area (Å²) in [4.78, 5) is 12.0. The van der Waals surface area contributed by atoms with Crippen molar-refractivity contribution in [2.45, 2.75) is 32.6 Å². The molecular weight excluding hydrogens is 292 g/mol. The normalized spacial score (nSPS) is 13.1. The molecule has 4 heteroatoms. The lowest BCUT2D eigenvalue weighted by atomic mass is 10.00. The molecule has 0 saturated heterocycles. The highest BCUT2D eigenvalue weighted by molar-refractivity contribution is 6.06. The lowest BCUT2D eigenvalue weighted by Crippen LogP contribution is -2.01. The van der Waals surface area contributed by atoms with Crippen molar-refractivity contribution >= 4 is 21.7 Å². The minimum Gasteiger partial charge on any atom is -0.454 e. The second kappa shape index (κ2) is 5.61. The number of hydrogen-bond donors (Lipinski definition) is 0. The van der Waals surface area contributed by atoms with E-state index in [1.807, 2.05) is 24.3 Å². The summed E-state index contributed by atoms with van der Waals surface area (Å²) in [5, 5.41) is 2.88. The van der Waals surface area contributed by atoms with Gasteiger partial charge in [0.15, 0.2) is 11.5 Å². The van der Waals surface area contributed by atoms with E-state index < -0.39 is 0 Å². The predicted molar refractivity (Wildman–Crippen MR) is 89.3 cm³/mol. The Hall–Kier alpha value is -2.49. The van der Waals surface area contributed by atoms with Gasteiger partial charge in [-0.2, -0.15) is 0 Å². The Kier molecular flexibility index (Phi) is 3.45. The quantitative estimate of drug-likeness (QED) is 0.407. The lowest BCUT2D eigenvalue weighted by Gasteiger charge is -2.08. The Morgan fingerprint density at radius 2 is 1.83 bits per heavy atom. The summed E-state index contributed by atoms with van der Waals surface area (Å²) in [6.45, 7) is 2.41. The van der Waals surface area contributed by atoms with Crippen molar-refractivity contribution in [3.63, 3.8) is 0 Å². The van der Waals surface area contributed by atoms with Crippen LogP contribution in [0, 0.1) is 0 Å². The van der Waals surface area contributed by atoms with Crippen LogP contribution in [0.5, 0.6) is 11.5 Å². The second-order valence-electron chi connectivity index (χ2n) is 5.92. The molecule has 2 heterocycles. The van der Waals surface area contributed by atoms with Crippen molar-refractivity contribution in [1.82, 2.24) is 0 Å². The molecule has 0 spiro atoms. The minimum atomic E-state index is -0.297. The van der Waals surface area contributed by atoms with Crippen molar-refractivity contribution < 1.29 is 13.9 Å². The molecule has 4 nitrogen and oxygen atoms in total. The van der Waals surface area contributed by atoms with Crippen molar-refractivity contribution in [3.05, 3.63) is 46.3 Å².